The summed E-state index contributed by atoms with van der Waals surface area (Å²) in [6.07, 6.45) is 3.56. The van der Waals surface area contributed by atoms with Crippen LogP contribution in [-0.4, -0.2) is 11.4 Å². The van der Waals surface area contributed by atoms with Crippen molar-refractivity contribution < 1.29 is 4.79 Å². The average Bonchev–Trinajstić information content (AvgIpc) is 2.55. The SMILES string of the molecule is CC(C)(C)C1CCC(C#N)(NC(=O)c2cccc(CC#N)c2)CC1. The highest BCUT2D eigenvalue weighted by Crippen LogP contribution is 2.41. The molecule has 1 fully saturated rings. The normalized spacial score (nSPS) is 23.8. The van der Waals surface area contributed by atoms with Gasteiger partial charge in [0.1, 0.15) is 5.54 Å². The molecule has 1 aromatic rings. The fourth-order valence-corrected chi connectivity index (χ4v) is 3.44. The van der Waals surface area contributed by atoms with E-state index >= 15 is 0 Å². The first-order chi connectivity index (χ1) is 11.3. The molecule has 4 nitrogen and oxygen atoms in total. The third-order valence-electron chi connectivity index (χ3n) is 5.10. The molecule has 126 valence electrons. The lowest BCUT2D eigenvalue weighted by atomic mass is 9.67. The Labute approximate surface area is 144 Å². The number of nitrogens with one attached hydrogen (secondary N) is 1. The van der Waals surface area contributed by atoms with Gasteiger partial charge in [0.05, 0.1) is 18.6 Å². The molecule has 0 saturated heterocycles. The zero-order valence-electron chi connectivity index (χ0n) is 14.7. The number of nitrogens with zero attached hydrogens (tertiary/aromatic N) is 2. The Morgan fingerprint density at radius 3 is 2.50 bits per heavy atom. The van der Waals surface area contributed by atoms with E-state index in [4.69, 9.17) is 5.26 Å². The number of nitriles is 2. The largest absolute Gasteiger partial charge is 0.334 e. The molecule has 0 heterocycles. The van der Waals surface area contributed by atoms with E-state index in [9.17, 15) is 10.1 Å². The van der Waals surface area contributed by atoms with Crippen molar-refractivity contribution in [3.63, 3.8) is 0 Å². The van der Waals surface area contributed by atoms with Gasteiger partial charge in [-0.1, -0.05) is 32.9 Å². The second-order valence-electron chi connectivity index (χ2n) is 7.82. The van der Waals surface area contributed by atoms with Gasteiger partial charge in [0.2, 0.25) is 0 Å². The van der Waals surface area contributed by atoms with Crippen molar-refractivity contribution >= 4 is 5.91 Å². The van der Waals surface area contributed by atoms with Crippen LogP contribution in [0.4, 0.5) is 0 Å². The van der Waals surface area contributed by atoms with Crippen LogP contribution in [0.1, 0.15) is 62.4 Å². The van der Waals surface area contributed by atoms with E-state index in [1.54, 1.807) is 18.2 Å². The van der Waals surface area contributed by atoms with E-state index < -0.39 is 5.54 Å². The maximum Gasteiger partial charge on any atom is 0.252 e. The first-order valence-electron chi connectivity index (χ1n) is 8.49. The van der Waals surface area contributed by atoms with Gasteiger partial charge in [-0.3, -0.25) is 4.79 Å². The molecule has 0 aromatic heterocycles. The van der Waals surface area contributed by atoms with Gasteiger partial charge in [0.15, 0.2) is 0 Å². The molecule has 0 atom stereocenters. The Balaban J connectivity index is 2.09. The van der Waals surface area contributed by atoms with Gasteiger partial charge in [0.25, 0.3) is 5.91 Å². The molecule has 4 heteroatoms. The first-order valence-corrected chi connectivity index (χ1v) is 8.49. The number of amides is 1. The standard InChI is InChI=1S/C20H25N3O/c1-19(2,3)17-7-10-20(14-22,11-8-17)23-18(24)16-6-4-5-15(13-16)9-12-21/h4-6,13,17H,7-11H2,1-3H3,(H,23,24). The van der Waals surface area contributed by atoms with E-state index in [1.807, 2.05) is 6.07 Å². The Morgan fingerprint density at radius 2 is 1.96 bits per heavy atom. The highest BCUT2D eigenvalue weighted by molar-refractivity contribution is 5.95. The molecule has 1 aliphatic carbocycles. The second kappa shape index (κ2) is 7.05. The fourth-order valence-electron chi connectivity index (χ4n) is 3.44. The molecular formula is C20H25N3O. The molecule has 2 rings (SSSR count). The monoisotopic (exact) mass is 323 g/mol. The molecule has 1 aliphatic rings. The summed E-state index contributed by atoms with van der Waals surface area (Å²) in [6, 6.07) is 11.5. The van der Waals surface area contributed by atoms with Crippen LogP contribution in [0.3, 0.4) is 0 Å². The van der Waals surface area contributed by atoms with Crippen LogP contribution in [-0.2, 0) is 6.42 Å². The van der Waals surface area contributed by atoms with Gasteiger partial charge in [-0.25, -0.2) is 0 Å². The van der Waals surface area contributed by atoms with Gasteiger partial charge in [-0.2, -0.15) is 10.5 Å². The Bertz CT molecular complexity index is 680. The Morgan fingerprint density at radius 1 is 1.29 bits per heavy atom. The topological polar surface area (TPSA) is 76.7 Å². The fraction of sp³-hybridized carbons (Fsp3) is 0.550. The van der Waals surface area contributed by atoms with E-state index in [0.717, 1.165) is 18.4 Å². The number of carbonyl (C=O) groups is 1. The van der Waals surface area contributed by atoms with E-state index in [2.05, 4.69) is 38.2 Å². The van der Waals surface area contributed by atoms with Gasteiger partial charge in [-0.05, 0) is 54.7 Å². The minimum atomic E-state index is -0.774. The summed E-state index contributed by atoms with van der Waals surface area (Å²) in [5.41, 5.74) is 0.782. The van der Waals surface area contributed by atoms with Crippen LogP contribution < -0.4 is 5.32 Å². The minimum Gasteiger partial charge on any atom is -0.334 e. The summed E-state index contributed by atoms with van der Waals surface area (Å²) in [5.74, 6) is 0.348. The van der Waals surface area contributed by atoms with Gasteiger partial charge >= 0.3 is 0 Å². The van der Waals surface area contributed by atoms with E-state index in [0.29, 0.717) is 24.3 Å². The van der Waals surface area contributed by atoms with Crippen LogP contribution in [0, 0.1) is 34.0 Å². The van der Waals surface area contributed by atoms with Crippen molar-refractivity contribution in [2.45, 2.75) is 58.4 Å². The number of hydrogen-bond donors (Lipinski definition) is 1. The summed E-state index contributed by atoms with van der Waals surface area (Å²) < 4.78 is 0. The maximum atomic E-state index is 12.6. The van der Waals surface area contributed by atoms with Crippen LogP contribution in [0.5, 0.6) is 0 Å². The summed E-state index contributed by atoms with van der Waals surface area (Å²) in [7, 11) is 0. The maximum absolute atomic E-state index is 12.6. The quantitative estimate of drug-likeness (QED) is 0.914. The molecule has 0 bridgehead atoms. The molecule has 1 saturated carbocycles. The van der Waals surface area contributed by atoms with Crippen molar-refractivity contribution in [1.82, 2.24) is 5.32 Å². The van der Waals surface area contributed by atoms with Crippen LogP contribution in [0.25, 0.3) is 0 Å². The molecular weight excluding hydrogens is 298 g/mol. The van der Waals surface area contributed by atoms with Crippen LogP contribution in [0.15, 0.2) is 24.3 Å². The second-order valence-corrected chi connectivity index (χ2v) is 7.82. The third kappa shape index (κ3) is 4.15. The lowest BCUT2D eigenvalue weighted by molar-refractivity contribution is 0.0855. The molecule has 0 unspecified atom stereocenters. The van der Waals surface area contributed by atoms with Gasteiger partial charge < -0.3 is 5.32 Å². The van der Waals surface area contributed by atoms with E-state index in [-0.39, 0.29) is 17.7 Å². The summed E-state index contributed by atoms with van der Waals surface area (Å²) >= 11 is 0. The summed E-state index contributed by atoms with van der Waals surface area (Å²) in [4.78, 5) is 12.6. The minimum absolute atomic E-state index is 0.231. The predicted octanol–water partition coefficient (Wildman–Crippen LogP) is 3.98. The smallest absolute Gasteiger partial charge is 0.252 e. The number of carbonyl (C=O) groups excluding carboxylic acids is 1. The zero-order chi connectivity index (χ0) is 17.8. The average molecular weight is 323 g/mol. The highest BCUT2D eigenvalue weighted by atomic mass is 16.1. The van der Waals surface area contributed by atoms with E-state index in [1.165, 1.54) is 0 Å². The highest BCUT2D eigenvalue weighted by Gasteiger charge is 2.40. The van der Waals surface area contributed by atoms with Crippen LogP contribution >= 0.6 is 0 Å². The van der Waals surface area contributed by atoms with Gasteiger partial charge in [0, 0.05) is 5.56 Å². The molecule has 1 amide bonds. The number of rotatable bonds is 3. The van der Waals surface area contributed by atoms with Crippen molar-refractivity contribution in [3.05, 3.63) is 35.4 Å². The lowest BCUT2D eigenvalue weighted by Gasteiger charge is -2.40. The Kier molecular flexibility index (Phi) is 5.30. The van der Waals surface area contributed by atoms with Crippen molar-refractivity contribution in [2.75, 3.05) is 0 Å². The van der Waals surface area contributed by atoms with Gasteiger partial charge in [-0.15, -0.1) is 0 Å². The molecule has 0 aliphatic heterocycles. The molecule has 1 N–H and O–H groups in total. The Hall–Kier alpha value is -2.33. The molecule has 0 radical (unpaired) electrons. The van der Waals surface area contributed by atoms with Crippen molar-refractivity contribution in [2.24, 2.45) is 11.3 Å². The lowest BCUT2D eigenvalue weighted by Crippen LogP contribution is -2.50. The van der Waals surface area contributed by atoms with Crippen LogP contribution in [0.2, 0.25) is 0 Å². The van der Waals surface area contributed by atoms with Crippen molar-refractivity contribution in [3.8, 4) is 12.1 Å². The first kappa shape index (κ1) is 18.0. The molecule has 0 spiro atoms. The molecule has 24 heavy (non-hydrogen) atoms. The summed E-state index contributed by atoms with van der Waals surface area (Å²) in [6.45, 7) is 6.70. The summed E-state index contributed by atoms with van der Waals surface area (Å²) in [5, 5.41) is 21.4. The third-order valence-corrected chi connectivity index (χ3v) is 5.10. The number of hydrogen-bond acceptors (Lipinski definition) is 3. The number of benzene rings is 1. The van der Waals surface area contributed by atoms with Crippen molar-refractivity contribution in [1.29, 1.82) is 10.5 Å². The molecule has 1 aromatic carbocycles. The zero-order valence-corrected chi connectivity index (χ0v) is 14.7. The predicted molar refractivity (Wildman–Crippen MR) is 93.0 cm³/mol.